The van der Waals surface area contributed by atoms with Gasteiger partial charge >= 0.3 is 59.5 Å². The van der Waals surface area contributed by atoms with Crippen LogP contribution in [0.4, 0.5) is 0 Å². The Bertz CT molecular complexity index is 1010. The van der Waals surface area contributed by atoms with Crippen LogP contribution in [0, 0.1) is 0 Å². The maximum atomic E-state index is 11.9. The van der Waals surface area contributed by atoms with Gasteiger partial charge in [-0.05, 0) is 47.6 Å². The van der Waals surface area contributed by atoms with Crippen LogP contribution in [0.1, 0.15) is 50.7 Å². The predicted molar refractivity (Wildman–Crippen MR) is 115 cm³/mol. The number of aryl methyl sites for hydroxylation is 1. The molecule has 0 atom stereocenters. The van der Waals surface area contributed by atoms with E-state index in [2.05, 4.69) is 50.2 Å². The van der Waals surface area contributed by atoms with Crippen molar-refractivity contribution in [3.8, 4) is 0 Å². The standard InChI is InChI=1S/C18H24O3S.C6H5.Hg/c1-3-5-9-14-13-15-10-7-8-12-17(15)18(22(19,20)21)16(14)11-6-4-2;1-2-4-6-5-3-1;/h7-8,10,12-13H,3-6,9,11H2,1-2H3,(H,19,20,21);1-5H;/q;;+1/p-1. The SMILES string of the molecule is CCCCc1cc2ccccc2c(S(=O)(=O)[O-])c1CCCC.[Hg+][c]1ccccc1. The van der Waals surface area contributed by atoms with Crippen molar-refractivity contribution in [2.45, 2.75) is 57.3 Å². The molecule has 0 N–H and O–H groups in total. The molecule has 0 radical (unpaired) electrons. The van der Waals surface area contributed by atoms with E-state index in [9.17, 15) is 13.0 Å². The Hall–Kier alpha value is -1.23. The summed E-state index contributed by atoms with van der Waals surface area (Å²) >= 11 is 0.810. The van der Waals surface area contributed by atoms with Crippen molar-refractivity contribution in [2.24, 2.45) is 0 Å². The molecule has 0 amide bonds. The normalized spacial score (nSPS) is 11.2. The molecule has 0 spiro atoms. The van der Waals surface area contributed by atoms with E-state index in [-0.39, 0.29) is 4.90 Å². The van der Waals surface area contributed by atoms with E-state index in [1.807, 2.05) is 12.1 Å². The van der Waals surface area contributed by atoms with Crippen LogP contribution < -0.4 is 3.07 Å². The van der Waals surface area contributed by atoms with E-state index in [1.165, 1.54) is 3.07 Å². The Labute approximate surface area is 191 Å². The zero-order valence-corrected chi connectivity index (χ0v) is 23.7. The second kappa shape index (κ2) is 11.8. The average Bonchev–Trinajstić information content (AvgIpc) is 2.70. The number of hydrogen-bond acceptors (Lipinski definition) is 3. The van der Waals surface area contributed by atoms with Gasteiger partial charge in [0.15, 0.2) is 0 Å². The fraction of sp³-hybridized carbons (Fsp3) is 0.333. The van der Waals surface area contributed by atoms with Gasteiger partial charge in [0, 0.05) is 0 Å². The van der Waals surface area contributed by atoms with Gasteiger partial charge in [-0.1, -0.05) is 57.0 Å². The Morgan fingerprint density at radius 3 is 2.00 bits per heavy atom. The van der Waals surface area contributed by atoms with Crippen molar-refractivity contribution >= 4 is 24.0 Å². The Morgan fingerprint density at radius 1 is 0.862 bits per heavy atom. The summed E-state index contributed by atoms with van der Waals surface area (Å²) in [7, 11) is -4.49. The fourth-order valence-electron chi connectivity index (χ4n) is 3.39. The molecule has 150 valence electrons. The van der Waals surface area contributed by atoms with Crippen molar-refractivity contribution in [1.29, 1.82) is 0 Å². The Morgan fingerprint density at radius 2 is 1.45 bits per heavy atom. The van der Waals surface area contributed by atoms with Crippen molar-refractivity contribution in [3.05, 3.63) is 71.8 Å². The number of hydrogen-bond donors (Lipinski definition) is 0. The third-order valence-electron chi connectivity index (χ3n) is 4.87. The van der Waals surface area contributed by atoms with Crippen LogP contribution in [0.25, 0.3) is 10.8 Å². The molecule has 0 saturated heterocycles. The van der Waals surface area contributed by atoms with E-state index < -0.39 is 10.1 Å². The monoisotopic (exact) mass is 598 g/mol. The van der Waals surface area contributed by atoms with Crippen LogP contribution in [0.2, 0.25) is 0 Å². The topological polar surface area (TPSA) is 57.2 Å². The van der Waals surface area contributed by atoms with Gasteiger partial charge in [0.2, 0.25) is 0 Å². The van der Waals surface area contributed by atoms with E-state index >= 15 is 0 Å². The van der Waals surface area contributed by atoms with Crippen LogP contribution in [-0.2, 0) is 49.1 Å². The molecule has 0 aliphatic heterocycles. The number of unbranched alkanes of at least 4 members (excludes halogenated alkanes) is 2. The molecular formula is C24H28HgO3S. The first-order chi connectivity index (χ1) is 13.9. The summed E-state index contributed by atoms with van der Waals surface area (Å²) < 4.78 is 37.2. The first-order valence-electron chi connectivity index (χ1n) is 10.2. The molecular weight excluding hydrogens is 569 g/mol. The zero-order valence-electron chi connectivity index (χ0n) is 17.4. The predicted octanol–water partition coefficient (Wildman–Crippen LogP) is 5.29. The minimum atomic E-state index is -4.49. The Balaban J connectivity index is 0.000000360. The van der Waals surface area contributed by atoms with Gasteiger partial charge in [-0.3, -0.25) is 0 Å². The number of benzene rings is 3. The maximum absolute atomic E-state index is 11.9. The summed E-state index contributed by atoms with van der Waals surface area (Å²) in [5.74, 6) is 0. The minimum absolute atomic E-state index is 0.00477. The quantitative estimate of drug-likeness (QED) is 0.275. The molecule has 0 saturated carbocycles. The molecule has 0 fully saturated rings. The van der Waals surface area contributed by atoms with Crippen molar-refractivity contribution < 1.29 is 39.1 Å². The molecule has 3 rings (SSSR count). The summed E-state index contributed by atoms with van der Waals surface area (Å²) in [4.78, 5) is 0.00477. The van der Waals surface area contributed by atoms with Gasteiger partial charge in [0.05, 0.1) is 4.90 Å². The molecule has 0 aliphatic carbocycles. The van der Waals surface area contributed by atoms with Crippen LogP contribution in [0.3, 0.4) is 0 Å². The molecule has 0 aliphatic rings. The molecule has 0 heterocycles. The Kier molecular flexibility index (Phi) is 9.80. The molecule has 3 aromatic carbocycles. The molecule has 5 heteroatoms. The third-order valence-corrected chi connectivity index (χ3v) is 7.67. The number of fused-ring (bicyclic) bond motifs is 1. The van der Waals surface area contributed by atoms with Gasteiger partial charge in [-0.15, -0.1) is 0 Å². The van der Waals surface area contributed by atoms with E-state index in [4.69, 9.17) is 0 Å². The van der Waals surface area contributed by atoms with Gasteiger partial charge in [0.25, 0.3) is 0 Å². The summed E-state index contributed by atoms with van der Waals surface area (Å²) in [5.41, 5.74) is 1.76. The first-order valence-corrected chi connectivity index (χ1v) is 14.4. The second-order valence-electron chi connectivity index (χ2n) is 7.21. The van der Waals surface area contributed by atoms with E-state index in [0.29, 0.717) is 11.8 Å². The van der Waals surface area contributed by atoms with Crippen molar-refractivity contribution in [2.75, 3.05) is 0 Å². The van der Waals surface area contributed by atoms with Gasteiger partial charge in [0.1, 0.15) is 10.1 Å². The van der Waals surface area contributed by atoms with E-state index in [1.54, 1.807) is 12.1 Å². The molecule has 3 aromatic rings. The number of rotatable bonds is 7. The molecule has 3 nitrogen and oxygen atoms in total. The summed E-state index contributed by atoms with van der Waals surface area (Å²) in [6.07, 6.45) is 5.37. The van der Waals surface area contributed by atoms with Crippen LogP contribution in [0.5, 0.6) is 0 Å². The van der Waals surface area contributed by atoms with Gasteiger partial charge in [-0.25, -0.2) is 8.42 Å². The van der Waals surface area contributed by atoms with Crippen molar-refractivity contribution in [3.63, 3.8) is 0 Å². The summed E-state index contributed by atoms with van der Waals surface area (Å²) in [6, 6.07) is 19.9. The fourth-order valence-corrected chi connectivity index (χ4v) is 5.44. The summed E-state index contributed by atoms with van der Waals surface area (Å²) in [5, 5.41) is 1.40. The molecule has 0 bridgehead atoms. The van der Waals surface area contributed by atoms with Crippen LogP contribution in [-0.4, -0.2) is 13.0 Å². The zero-order chi connectivity index (χ0) is 21.3. The van der Waals surface area contributed by atoms with Crippen LogP contribution in [0.15, 0.2) is 65.6 Å². The molecule has 0 aromatic heterocycles. The molecule has 29 heavy (non-hydrogen) atoms. The second-order valence-corrected chi connectivity index (χ2v) is 11.7. The average molecular weight is 597 g/mol. The van der Waals surface area contributed by atoms with E-state index in [0.717, 1.165) is 74.7 Å². The molecule has 0 unspecified atom stereocenters. The van der Waals surface area contributed by atoms with Crippen LogP contribution >= 0.6 is 0 Å². The van der Waals surface area contributed by atoms with Gasteiger partial charge < -0.3 is 4.55 Å². The van der Waals surface area contributed by atoms with Crippen molar-refractivity contribution in [1.82, 2.24) is 0 Å². The first kappa shape index (κ1) is 24.0. The van der Waals surface area contributed by atoms with Gasteiger partial charge in [-0.2, -0.15) is 0 Å². The summed E-state index contributed by atoms with van der Waals surface area (Å²) in [6.45, 7) is 4.18. The third kappa shape index (κ3) is 7.19.